The Morgan fingerprint density at radius 2 is 1.94 bits per heavy atom. The van der Waals surface area contributed by atoms with Gasteiger partial charge in [0.2, 0.25) is 0 Å². The summed E-state index contributed by atoms with van der Waals surface area (Å²) in [5, 5.41) is 10.1. The van der Waals surface area contributed by atoms with Crippen LogP contribution in [0, 0.1) is 18.3 Å². The molecular weight excluding hydrogens is 242 g/mol. The fourth-order valence-electron chi connectivity index (χ4n) is 2.10. The smallest absolute Gasteiger partial charge is 0.0755 e. The lowest BCUT2D eigenvalue weighted by molar-refractivity contribution is 0.841. The number of aryl methyl sites for hydroxylation is 1. The number of hydrogen-bond acceptors (Lipinski definition) is 1. The van der Waals surface area contributed by atoms with Crippen LogP contribution in [0.1, 0.15) is 22.6 Å². The maximum Gasteiger partial charge on any atom is 0.0755 e. The fourth-order valence-corrected chi connectivity index (χ4v) is 2.32. The average molecular weight is 256 g/mol. The summed E-state index contributed by atoms with van der Waals surface area (Å²) in [6, 6.07) is 18.1. The largest absolute Gasteiger partial charge is 0.198 e. The van der Waals surface area contributed by atoms with Crippen LogP contribution in [0.2, 0.25) is 5.02 Å². The molecule has 0 aliphatic heterocycles. The molecule has 18 heavy (non-hydrogen) atoms. The van der Waals surface area contributed by atoms with Crippen LogP contribution >= 0.6 is 11.6 Å². The molecule has 0 N–H and O–H groups in total. The van der Waals surface area contributed by atoms with Gasteiger partial charge in [-0.1, -0.05) is 48.0 Å². The third kappa shape index (κ3) is 2.91. The van der Waals surface area contributed by atoms with Crippen molar-refractivity contribution < 1.29 is 0 Å². The zero-order valence-electron chi connectivity index (χ0n) is 10.2. The molecule has 2 aromatic rings. The first-order valence-electron chi connectivity index (χ1n) is 5.90. The first-order valence-corrected chi connectivity index (χ1v) is 6.28. The van der Waals surface area contributed by atoms with Gasteiger partial charge in [0.05, 0.1) is 12.0 Å². The third-order valence-corrected chi connectivity index (χ3v) is 3.28. The van der Waals surface area contributed by atoms with Gasteiger partial charge in [-0.25, -0.2) is 0 Å². The van der Waals surface area contributed by atoms with Crippen molar-refractivity contribution in [3.8, 4) is 6.07 Å². The van der Waals surface area contributed by atoms with E-state index in [1.165, 1.54) is 0 Å². The number of nitrogens with zero attached hydrogens (tertiary/aromatic N) is 1. The van der Waals surface area contributed by atoms with Crippen LogP contribution < -0.4 is 0 Å². The lowest BCUT2D eigenvalue weighted by Crippen LogP contribution is -2.02. The monoisotopic (exact) mass is 255 g/mol. The zero-order valence-corrected chi connectivity index (χ0v) is 11.0. The van der Waals surface area contributed by atoms with Crippen molar-refractivity contribution in [2.75, 3.05) is 0 Å². The summed E-state index contributed by atoms with van der Waals surface area (Å²) >= 11 is 5.97. The molecule has 1 atom stereocenters. The molecule has 0 amide bonds. The summed E-state index contributed by atoms with van der Waals surface area (Å²) in [6.45, 7) is 2.04. The van der Waals surface area contributed by atoms with Crippen LogP contribution in [0.5, 0.6) is 0 Å². The SMILES string of the molecule is Cc1ccccc1C(C#N)Cc1cccc(Cl)c1. The van der Waals surface area contributed by atoms with Gasteiger partial charge >= 0.3 is 0 Å². The molecule has 2 aromatic carbocycles. The van der Waals surface area contributed by atoms with Gasteiger partial charge in [-0.2, -0.15) is 5.26 Å². The molecule has 0 bridgehead atoms. The number of halogens is 1. The molecule has 0 fully saturated rings. The highest BCUT2D eigenvalue weighted by Crippen LogP contribution is 2.24. The van der Waals surface area contributed by atoms with E-state index in [1.54, 1.807) is 0 Å². The van der Waals surface area contributed by atoms with E-state index < -0.39 is 0 Å². The summed E-state index contributed by atoms with van der Waals surface area (Å²) < 4.78 is 0. The second-order valence-electron chi connectivity index (χ2n) is 4.37. The molecule has 2 heteroatoms. The quantitative estimate of drug-likeness (QED) is 0.792. The Morgan fingerprint density at radius 3 is 2.61 bits per heavy atom. The molecule has 90 valence electrons. The van der Waals surface area contributed by atoms with Crippen molar-refractivity contribution in [3.63, 3.8) is 0 Å². The van der Waals surface area contributed by atoms with Crippen molar-refractivity contribution in [2.45, 2.75) is 19.3 Å². The van der Waals surface area contributed by atoms with Gasteiger partial charge in [0.1, 0.15) is 0 Å². The van der Waals surface area contributed by atoms with E-state index in [2.05, 4.69) is 6.07 Å². The molecule has 0 aliphatic carbocycles. The molecule has 0 saturated carbocycles. The maximum atomic E-state index is 9.35. The highest BCUT2D eigenvalue weighted by molar-refractivity contribution is 6.30. The highest BCUT2D eigenvalue weighted by Gasteiger charge is 2.13. The van der Waals surface area contributed by atoms with Crippen LogP contribution in [-0.4, -0.2) is 0 Å². The van der Waals surface area contributed by atoms with Gasteiger partial charge < -0.3 is 0 Å². The summed E-state index contributed by atoms with van der Waals surface area (Å²) in [7, 11) is 0. The average Bonchev–Trinajstić information content (AvgIpc) is 2.37. The van der Waals surface area contributed by atoms with Crippen LogP contribution in [0.3, 0.4) is 0 Å². The third-order valence-electron chi connectivity index (χ3n) is 3.05. The predicted molar refractivity (Wildman–Crippen MR) is 74.7 cm³/mol. The Labute approximate surface area is 113 Å². The summed E-state index contributed by atoms with van der Waals surface area (Å²) in [6.07, 6.45) is 0.696. The summed E-state index contributed by atoms with van der Waals surface area (Å²) in [4.78, 5) is 0. The second-order valence-corrected chi connectivity index (χ2v) is 4.81. The van der Waals surface area contributed by atoms with E-state index in [4.69, 9.17) is 11.6 Å². The van der Waals surface area contributed by atoms with Crippen LogP contribution in [-0.2, 0) is 6.42 Å². The number of hydrogen-bond donors (Lipinski definition) is 0. The Bertz CT molecular complexity index is 584. The molecule has 0 radical (unpaired) electrons. The van der Waals surface area contributed by atoms with Gasteiger partial charge in [0.15, 0.2) is 0 Å². The minimum absolute atomic E-state index is 0.121. The minimum atomic E-state index is -0.121. The molecule has 1 nitrogen and oxygen atoms in total. The van der Waals surface area contributed by atoms with Gasteiger partial charge in [-0.3, -0.25) is 0 Å². The van der Waals surface area contributed by atoms with Crippen molar-refractivity contribution in [2.24, 2.45) is 0 Å². The Morgan fingerprint density at radius 1 is 1.17 bits per heavy atom. The van der Waals surface area contributed by atoms with Crippen LogP contribution in [0.25, 0.3) is 0 Å². The van der Waals surface area contributed by atoms with Crippen molar-refractivity contribution in [1.29, 1.82) is 5.26 Å². The molecule has 0 spiro atoms. The topological polar surface area (TPSA) is 23.8 Å². The van der Waals surface area contributed by atoms with E-state index in [0.717, 1.165) is 16.7 Å². The standard InChI is InChI=1S/C16H14ClN/c1-12-5-2-3-8-16(12)14(11-18)9-13-6-4-7-15(17)10-13/h2-8,10,14H,9H2,1H3. The first-order chi connectivity index (χ1) is 8.70. The Hall–Kier alpha value is -1.78. The summed E-state index contributed by atoms with van der Waals surface area (Å²) in [5.74, 6) is -0.121. The van der Waals surface area contributed by atoms with Gasteiger partial charge in [0, 0.05) is 5.02 Å². The van der Waals surface area contributed by atoms with Crippen LogP contribution in [0.4, 0.5) is 0 Å². The fraction of sp³-hybridized carbons (Fsp3) is 0.188. The summed E-state index contributed by atoms with van der Waals surface area (Å²) in [5.41, 5.74) is 3.35. The normalized spacial score (nSPS) is 11.8. The van der Waals surface area contributed by atoms with Crippen molar-refractivity contribution in [3.05, 3.63) is 70.2 Å². The highest BCUT2D eigenvalue weighted by atomic mass is 35.5. The number of nitriles is 1. The first kappa shape index (κ1) is 12.7. The zero-order chi connectivity index (χ0) is 13.0. The predicted octanol–water partition coefficient (Wildman–Crippen LogP) is 4.50. The van der Waals surface area contributed by atoms with E-state index in [-0.39, 0.29) is 5.92 Å². The number of rotatable bonds is 3. The second kappa shape index (κ2) is 5.71. The Balaban J connectivity index is 2.26. The Kier molecular flexibility index (Phi) is 4.02. The maximum absolute atomic E-state index is 9.35. The lowest BCUT2D eigenvalue weighted by atomic mass is 9.90. The molecule has 0 heterocycles. The van der Waals surface area contributed by atoms with E-state index in [0.29, 0.717) is 11.4 Å². The van der Waals surface area contributed by atoms with E-state index in [1.807, 2.05) is 55.5 Å². The van der Waals surface area contributed by atoms with Crippen molar-refractivity contribution >= 4 is 11.6 Å². The lowest BCUT2D eigenvalue weighted by Gasteiger charge is -2.12. The van der Waals surface area contributed by atoms with E-state index >= 15 is 0 Å². The molecule has 0 aliphatic rings. The minimum Gasteiger partial charge on any atom is -0.198 e. The van der Waals surface area contributed by atoms with Gasteiger partial charge in [-0.15, -0.1) is 0 Å². The molecule has 0 aromatic heterocycles. The van der Waals surface area contributed by atoms with Crippen LogP contribution in [0.15, 0.2) is 48.5 Å². The van der Waals surface area contributed by atoms with Gasteiger partial charge in [0.25, 0.3) is 0 Å². The number of benzene rings is 2. The van der Waals surface area contributed by atoms with Gasteiger partial charge in [-0.05, 0) is 42.2 Å². The molecule has 2 rings (SSSR count). The van der Waals surface area contributed by atoms with E-state index in [9.17, 15) is 5.26 Å². The molecule has 1 unspecified atom stereocenters. The molecule has 0 saturated heterocycles. The molecular formula is C16H14ClN. The van der Waals surface area contributed by atoms with Crippen molar-refractivity contribution in [1.82, 2.24) is 0 Å².